The molecule has 2 rings (SSSR count). The first-order chi connectivity index (χ1) is 8.38. The molecule has 1 N–H and O–H groups in total. The maximum absolute atomic E-state index is 5.79. The Kier molecular flexibility index (Phi) is 4.80. The van der Waals surface area contributed by atoms with Crippen LogP contribution in [0.15, 0.2) is 18.5 Å². The highest BCUT2D eigenvalue weighted by Gasteiger charge is 2.14. The predicted molar refractivity (Wildman–Crippen MR) is 69.4 cm³/mol. The van der Waals surface area contributed by atoms with Crippen molar-refractivity contribution in [2.45, 2.75) is 45.1 Å². The summed E-state index contributed by atoms with van der Waals surface area (Å²) in [5, 5.41) is 3.43. The summed E-state index contributed by atoms with van der Waals surface area (Å²) in [4.78, 5) is 4.24. The van der Waals surface area contributed by atoms with Crippen molar-refractivity contribution in [3.63, 3.8) is 0 Å². The molecular formula is C14H22N2O. The number of pyridine rings is 1. The molecule has 0 spiro atoms. The van der Waals surface area contributed by atoms with Crippen LogP contribution in [-0.2, 0) is 6.42 Å². The van der Waals surface area contributed by atoms with Crippen LogP contribution in [0.5, 0.6) is 5.75 Å². The highest BCUT2D eigenvalue weighted by molar-refractivity contribution is 5.23. The van der Waals surface area contributed by atoms with E-state index in [0.29, 0.717) is 6.04 Å². The molecule has 1 aromatic rings. The lowest BCUT2D eigenvalue weighted by molar-refractivity contribution is 0.276. The number of aromatic nitrogens is 1. The zero-order valence-electron chi connectivity index (χ0n) is 10.6. The Morgan fingerprint density at radius 2 is 2.41 bits per heavy atom. The molecule has 0 saturated carbocycles. The van der Waals surface area contributed by atoms with E-state index in [1.54, 1.807) is 0 Å². The van der Waals surface area contributed by atoms with Gasteiger partial charge in [0.1, 0.15) is 12.4 Å². The maximum atomic E-state index is 5.79. The van der Waals surface area contributed by atoms with E-state index in [-0.39, 0.29) is 0 Å². The van der Waals surface area contributed by atoms with Crippen molar-refractivity contribution in [1.82, 2.24) is 10.3 Å². The Bertz CT molecular complexity index is 335. The van der Waals surface area contributed by atoms with E-state index in [1.807, 2.05) is 12.4 Å². The molecular weight excluding hydrogens is 212 g/mol. The average molecular weight is 234 g/mol. The molecule has 94 valence electrons. The van der Waals surface area contributed by atoms with Gasteiger partial charge >= 0.3 is 0 Å². The molecule has 1 atom stereocenters. The van der Waals surface area contributed by atoms with E-state index in [4.69, 9.17) is 4.74 Å². The third-order valence-corrected chi connectivity index (χ3v) is 3.20. The molecule has 1 fully saturated rings. The van der Waals surface area contributed by atoms with E-state index in [1.165, 1.54) is 31.2 Å². The standard InChI is InChI=1S/C14H22N2O/c1-2-3-5-12-8-14(10-15-9-12)17-11-13-6-4-7-16-13/h8-10,13,16H,2-7,11H2,1H3/t13-/m0/s1. The van der Waals surface area contributed by atoms with Gasteiger partial charge in [-0.25, -0.2) is 0 Å². The largest absolute Gasteiger partial charge is 0.490 e. The lowest BCUT2D eigenvalue weighted by atomic mass is 10.1. The molecule has 17 heavy (non-hydrogen) atoms. The summed E-state index contributed by atoms with van der Waals surface area (Å²) in [6.45, 7) is 4.10. The third kappa shape index (κ3) is 4.00. The summed E-state index contributed by atoms with van der Waals surface area (Å²) in [7, 11) is 0. The Morgan fingerprint density at radius 3 is 3.18 bits per heavy atom. The fourth-order valence-corrected chi connectivity index (χ4v) is 2.16. The predicted octanol–water partition coefficient (Wildman–Crippen LogP) is 2.55. The summed E-state index contributed by atoms with van der Waals surface area (Å²) in [5.41, 5.74) is 1.28. The first kappa shape index (κ1) is 12.4. The molecule has 3 nitrogen and oxygen atoms in total. The van der Waals surface area contributed by atoms with Crippen molar-refractivity contribution in [1.29, 1.82) is 0 Å². The average Bonchev–Trinajstić information content (AvgIpc) is 2.87. The molecule has 3 heteroatoms. The van der Waals surface area contributed by atoms with Gasteiger partial charge in [-0.15, -0.1) is 0 Å². The molecule has 0 radical (unpaired) electrons. The van der Waals surface area contributed by atoms with Crippen LogP contribution in [0.2, 0.25) is 0 Å². The van der Waals surface area contributed by atoms with E-state index in [0.717, 1.165) is 25.3 Å². The first-order valence-electron chi connectivity index (χ1n) is 6.68. The van der Waals surface area contributed by atoms with E-state index in [9.17, 15) is 0 Å². The number of nitrogens with zero attached hydrogens (tertiary/aromatic N) is 1. The van der Waals surface area contributed by atoms with Gasteiger partial charge in [0.2, 0.25) is 0 Å². The van der Waals surface area contributed by atoms with Crippen molar-refractivity contribution in [2.24, 2.45) is 0 Å². The molecule has 0 aromatic carbocycles. The van der Waals surface area contributed by atoms with Gasteiger partial charge in [0.05, 0.1) is 6.20 Å². The second-order valence-electron chi connectivity index (χ2n) is 4.74. The second-order valence-corrected chi connectivity index (χ2v) is 4.74. The van der Waals surface area contributed by atoms with Crippen molar-refractivity contribution < 1.29 is 4.74 Å². The van der Waals surface area contributed by atoms with Crippen LogP contribution in [0.4, 0.5) is 0 Å². The molecule has 2 heterocycles. The van der Waals surface area contributed by atoms with Gasteiger partial charge in [-0.2, -0.15) is 0 Å². The van der Waals surface area contributed by atoms with Gasteiger partial charge < -0.3 is 10.1 Å². The van der Waals surface area contributed by atoms with Crippen LogP contribution in [0.25, 0.3) is 0 Å². The summed E-state index contributed by atoms with van der Waals surface area (Å²) in [5.74, 6) is 0.910. The quantitative estimate of drug-likeness (QED) is 0.821. The minimum atomic E-state index is 0.522. The number of unbranched alkanes of at least 4 members (excludes halogenated alkanes) is 1. The van der Waals surface area contributed by atoms with Gasteiger partial charge in [0, 0.05) is 12.2 Å². The number of nitrogens with one attached hydrogen (secondary N) is 1. The van der Waals surface area contributed by atoms with Gasteiger partial charge in [0.25, 0.3) is 0 Å². The number of aryl methyl sites for hydroxylation is 1. The second kappa shape index (κ2) is 6.60. The van der Waals surface area contributed by atoms with Crippen LogP contribution in [0.1, 0.15) is 38.2 Å². The van der Waals surface area contributed by atoms with Crippen molar-refractivity contribution >= 4 is 0 Å². The highest BCUT2D eigenvalue weighted by Crippen LogP contribution is 2.14. The van der Waals surface area contributed by atoms with Crippen molar-refractivity contribution in [3.8, 4) is 5.75 Å². The fourth-order valence-electron chi connectivity index (χ4n) is 2.16. The summed E-state index contributed by atoms with van der Waals surface area (Å²) < 4.78 is 5.79. The van der Waals surface area contributed by atoms with Crippen LogP contribution >= 0.6 is 0 Å². The minimum Gasteiger partial charge on any atom is -0.490 e. The van der Waals surface area contributed by atoms with E-state index >= 15 is 0 Å². The Morgan fingerprint density at radius 1 is 1.47 bits per heavy atom. The topological polar surface area (TPSA) is 34.1 Å². The summed E-state index contributed by atoms with van der Waals surface area (Å²) in [6.07, 6.45) is 9.78. The molecule has 0 aliphatic carbocycles. The molecule has 1 aliphatic rings. The van der Waals surface area contributed by atoms with Gasteiger partial charge in [0.15, 0.2) is 0 Å². The maximum Gasteiger partial charge on any atom is 0.137 e. The summed E-state index contributed by atoms with van der Waals surface area (Å²) >= 11 is 0. The Balaban J connectivity index is 1.82. The third-order valence-electron chi connectivity index (χ3n) is 3.20. The van der Waals surface area contributed by atoms with E-state index < -0.39 is 0 Å². The molecule has 0 amide bonds. The molecule has 1 saturated heterocycles. The number of hydrogen-bond donors (Lipinski definition) is 1. The van der Waals surface area contributed by atoms with Crippen molar-refractivity contribution in [2.75, 3.05) is 13.2 Å². The van der Waals surface area contributed by atoms with Gasteiger partial charge in [-0.3, -0.25) is 4.98 Å². The molecule has 1 aromatic heterocycles. The smallest absolute Gasteiger partial charge is 0.137 e. The molecule has 0 unspecified atom stereocenters. The number of ether oxygens (including phenoxy) is 1. The normalized spacial score (nSPS) is 19.5. The first-order valence-corrected chi connectivity index (χ1v) is 6.68. The zero-order valence-corrected chi connectivity index (χ0v) is 10.6. The highest BCUT2D eigenvalue weighted by atomic mass is 16.5. The summed E-state index contributed by atoms with van der Waals surface area (Å²) in [6, 6.07) is 2.65. The van der Waals surface area contributed by atoms with Gasteiger partial charge in [-0.1, -0.05) is 13.3 Å². The number of hydrogen-bond acceptors (Lipinski definition) is 3. The molecule has 0 bridgehead atoms. The lowest BCUT2D eigenvalue weighted by Crippen LogP contribution is -2.28. The lowest BCUT2D eigenvalue weighted by Gasteiger charge is -2.12. The van der Waals surface area contributed by atoms with Crippen LogP contribution in [0.3, 0.4) is 0 Å². The SMILES string of the molecule is CCCCc1cncc(OC[C@@H]2CCCN2)c1. The van der Waals surface area contributed by atoms with Crippen LogP contribution in [0, 0.1) is 0 Å². The fraction of sp³-hybridized carbons (Fsp3) is 0.643. The van der Waals surface area contributed by atoms with Crippen molar-refractivity contribution in [3.05, 3.63) is 24.0 Å². The Labute approximate surface area is 104 Å². The van der Waals surface area contributed by atoms with Gasteiger partial charge in [-0.05, 0) is 43.9 Å². The minimum absolute atomic E-state index is 0.522. The zero-order chi connectivity index (χ0) is 11.9. The Hall–Kier alpha value is -1.09. The number of rotatable bonds is 6. The van der Waals surface area contributed by atoms with Crippen LogP contribution in [-0.4, -0.2) is 24.2 Å². The van der Waals surface area contributed by atoms with Crippen LogP contribution < -0.4 is 10.1 Å². The monoisotopic (exact) mass is 234 g/mol. The molecule has 1 aliphatic heterocycles. The van der Waals surface area contributed by atoms with E-state index in [2.05, 4.69) is 23.3 Å².